The summed E-state index contributed by atoms with van der Waals surface area (Å²) in [5.74, 6) is 1.11. The highest BCUT2D eigenvalue weighted by atomic mass is 17.2. The number of nitrogen functional groups attached to an aromatic ring is 2. The van der Waals surface area contributed by atoms with E-state index in [1.165, 1.54) is 0 Å². The van der Waals surface area contributed by atoms with Crippen LogP contribution in [0.2, 0.25) is 0 Å². The van der Waals surface area contributed by atoms with E-state index in [4.69, 9.17) is 21.2 Å². The Labute approximate surface area is 106 Å². The lowest BCUT2D eigenvalue weighted by atomic mass is 10.1. The molecule has 0 bridgehead atoms. The molecule has 0 spiro atoms. The first-order valence-electron chi connectivity index (χ1n) is 5.63. The van der Waals surface area contributed by atoms with Gasteiger partial charge < -0.3 is 11.5 Å². The Morgan fingerprint density at radius 2 is 1.28 bits per heavy atom. The summed E-state index contributed by atoms with van der Waals surface area (Å²) in [6, 6.07) is 10.9. The van der Waals surface area contributed by atoms with Gasteiger partial charge in [0.15, 0.2) is 11.5 Å². The van der Waals surface area contributed by atoms with Gasteiger partial charge in [0, 0.05) is 23.5 Å². The maximum absolute atomic E-state index is 5.79. The lowest BCUT2D eigenvalue weighted by Crippen LogP contribution is -2.03. The Kier molecular flexibility index (Phi) is 3.28. The highest BCUT2D eigenvalue weighted by Crippen LogP contribution is 2.26. The van der Waals surface area contributed by atoms with Gasteiger partial charge in [0.2, 0.25) is 0 Å². The SMILES string of the molecule is Cc1ccc(OOc2cc(N)c(C)c(N)c2)cc1. The van der Waals surface area contributed by atoms with E-state index < -0.39 is 0 Å². The van der Waals surface area contributed by atoms with Crippen LogP contribution in [0.1, 0.15) is 11.1 Å². The van der Waals surface area contributed by atoms with E-state index in [0.717, 1.165) is 11.1 Å². The molecule has 0 unspecified atom stereocenters. The third-order valence-electron chi connectivity index (χ3n) is 2.72. The van der Waals surface area contributed by atoms with E-state index in [-0.39, 0.29) is 0 Å². The van der Waals surface area contributed by atoms with E-state index in [0.29, 0.717) is 22.9 Å². The van der Waals surface area contributed by atoms with E-state index >= 15 is 0 Å². The molecule has 4 nitrogen and oxygen atoms in total. The first kappa shape index (κ1) is 12.1. The molecule has 2 rings (SSSR count). The third-order valence-corrected chi connectivity index (χ3v) is 2.72. The molecule has 4 N–H and O–H groups in total. The molecule has 0 aromatic heterocycles. The highest BCUT2D eigenvalue weighted by Gasteiger charge is 2.04. The molecule has 0 radical (unpaired) electrons. The van der Waals surface area contributed by atoms with E-state index in [1.54, 1.807) is 12.1 Å². The predicted molar refractivity (Wildman–Crippen MR) is 72.4 cm³/mol. The fourth-order valence-corrected chi connectivity index (χ4v) is 1.47. The summed E-state index contributed by atoms with van der Waals surface area (Å²) in [4.78, 5) is 10.4. The molecule has 0 aliphatic rings. The quantitative estimate of drug-likeness (QED) is 0.495. The van der Waals surface area contributed by atoms with Crippen molar-refractivity contribution < 1.29 is 9.78 Å². The van der Waals surface area contributed by atoms with Gasteiger partial charge in [-0.2, -0.15) is 0 Å². The maximum Gasteiger partial charge on any atom is 0.182 e. The first-order chi connectivity index (χ1) is 8.56. The Morgan fingerprint density at radius 1 is 0.778 bits per heavy atom. The van der Waals surface area contributed by atoms with E-state index in [9.17, 15) is 0 Å². The van der Waals surface area contributed by atoms with Crippen molar-refractivity contribution in [1.82, 2.24) is 0 Å². The molecule has 0 heterocycles. The number of benzene rings is 2. The summed E-state index contributed by atoms with van der Waals surface area (Å²) in [6.45, 7) is 3.86. The van der Waals surface area contributed by atoms with Gasteiger partial charge in [0.25, 0.3) is 0 Å². The van der Waals surface area contributed by atoms with Crippen LogP contribution in [0.3, 0.4) is 0 Å². The molecule has 0 amide bonds. The Bertz CT molecular complexity index is 527. The number of nitrogens with two attached hydrogens (primary N) is 2. The summed E-state index contributed by atoms with van der Waals surface area (Å²) in [6.07, 6.45) is 0. The van der Waals surface area contributed by atoms with Gasteiger partial charge in [-0.1, -0.05) is 17.7 Å². The molecule has 0 aliphatic carbocycles. The second-order valence-corrected chi connectivity index (χ2v) is 4.21. The Hall–Kier alpha value is -2.36. The molecule has 0 aliphatic heterocycles. The fraction of sp³-hybridized carbons (Fsp3) is 0.143. The minimum atomic E-state index is 0.483. The minimum Gasteiger partial charge on any atom is -0.398 e. The molecule has 2 aromatic rings. The van der Waals surface area contributed by atoms with Crippen molar-refractivity contribution in [3.05, 3.63) is 47.5 Å². The molecule has 18 heavy (non-hydrogen) atoms. The van der Waals surface area contributed by atoms with Crippen LogP contribution in [0.15, 0.2) is 36.4 Å². The first-order valence-corrected chi connectivity index (χ1v) is 5.63. The highest BCUT2D eigenvalue weighted by molar-refractivity contribution is 5.64. The van der Waals surface area contributed by atoms with Gasteiger partial charge in [-0.3, -0.25) is 9.78 Å². The standard InChI is InChI=1S/C14H16N2O2/c1-9-3-5-11(6-4-9)17-18-12-7-13(15)10(2)14(16)8-12/h3-8H,15-16H2,1-2H3. The second kappa shape index (κ2) is 4.87. The van der Waals surface area contributed by atoms with Crippen LogP contribution in [0, 0.1) is 13.8 Å². The summed E-state index contributed by atoms with van der Waals surface area (Å²) in [5.41, 5.74) is 14.8. The number of hydrogen-bond acceptors (Lipinski definition) is 4. The summed E-state index contributed by atoms with van der Waals surface area (Å²) in [7, 11) is 0. The van der Waals surface area contributed by atoms with Crippen molar-refractivity contribution >= 4 is 11.4 Å². The Balaban J connectivity index is 2.08. The smallest absolute Gasteiger partial charge is 0.182 e. The van der Waals surface area contributed by atoms with Crippen LogP contribution in [0.4, 0.5) is 11.4 Å². The van der Waals surface area contributed by atoms with Crippen molar-refractivity contribution in [2.45, 2.75) is 13.8 Å². The van der Waals surface area contributed by atoms with Crippen LogP contribution >= 0.6 is 0 Å². The normalized spacial score (nSPS) is 10.1. The topological polar surface area (TPSA) is 70.5 Å². The average molecular weight is 244 g/mol. The van der Waals surface area contributed by atoms with Crippen LogP contribution in [-0.4, -0.2) is 0 Å². The van der Waals surface area contributed by atoms with Gasteiger partial charge in [-0.15, -0.1) is 0 Å². The van der Waals surface area contributed by atoms with Gasteiger partial charge in [-0.05, 0) is 31.5 Å². The zero-order chi connectivity index (χ0) is 13.1. The lowest BCUT2D eigenvalue weighted by Gasteiger charge is -2.09. The number of anilines is 2. The van der Waals surface area contributed by atoms with Gasteiger partial charge >= 0.3 is 0 Å². The molecule has 0 fully saturated rings. The predicted octanol–water partition coefficient (Wildman–Crippen LogP) is 2.84. The van der Waals surface area contributed by atoms with Crippen LogP contribution < -0.4 is 21.2 Å². The van der Waals surface area contributed by atoms with Crippen LogP contribution in [0.25, 0.3) is 0 Å². The van der Waals surface area contributed by atoms with Crippen molar-refractivity contribution in [1.29, 1.82) is 0 Å². The van der Waals surface area contributed by atoms with Crippen molar-refractivity contribution in [2.24, 2.45) is 0 Å². The van der Waals surface area contributed by atoms with Crippen molar-refractivity contribution in [3.63, 3.8) is 0 Å². The molecule has 0 saturated carbocycles. The van der Waals surface area contributed by atoms with Crippen LogP contribution in [-0.2, 0) is 0 Å². The monoisotopic (exact) mass is 244 g/mol. The minimum absolute atomic E-state index is 0.483. The summed E-state index contributed by atoms with van der Waals surface area (Å²) >= 11 is 0. The largest absolute Gasteiger partial charge is 0.398 e. The van der Waals surface area contributed by atoms with E-state index in [1.807, 2.05) is 38.1 Å². The average Bonchev–Trinajstić information content (AvgIpc) is 2.35. The number of aryl methyl sites for hydroxylation is 1. The van der Waals surface area contributed by atoms with Gasteiger partial charge in [0.05, 0.1) is 0 Å². The Morgan fingerprint density at radius 3 is 1.83 bits per heavy atom. The zero-order valence-electron chi connectivity index (χ0n) is 10.4. The van der Waals surface area contributed by atoms with Crippen molar-refractivity contribution in [3.8, 4) is 11.5 Å². The zero-order valence-corrected chi connectivity index (χ0v) is 10.4. The van der Waals surface area contributed by atoms with Gasteiger partial charge in [-0.25, -0.2) is 0 Å². The maximum atomic E-state index is 5.79. The number of rotatable bonds is 3. The number of hydrogen-bond donors (Lipinski definition) is 2. The molecular weight excluding hydrogens is 228 g/mol. The summed E-state index contributed by atoms with van der Waals surface area (Å²) < 4.78 is 0. The lowest BCUT2D eigenvalue weighted by molar-refractivity contribution is -0.0998. The molecule has 0 saturated heterocycles. The van der Waals surface area contributed by atoms with Gasteiger partial charge in [0.1, 0.15) is 0 Å². The van der Waals surface area contributed by atoms with E-state index in [2.05, 4.69) is 0 Å². The van der Waals surface area contributed by atoms with Crippen LogP contribution in [0.5, 0.6) is 11.5 Å². The third kappa shape index (κ3) is 2.66. The molecular formula is C14H16N2O2. The molecule has 0 atom stereocenters. The molecule has 94 valence electrons. The fourth-order valence-electron chi connectivity index (χ4n) is 1.47. The summed E-state index contributed by atoms with van der Waals surface area (Å²) in [5, 5.41) is 0. The second-order valence-electron chi connectivity index (χ2n) is 4.21. The molecule has 2 aromatic carbocycles. The molecule has 4 heteroatoms. The van der Waals surface area contributed by atoms with Crippen molar-refractivity contribution in [2.75, 3.05) is 11.5 Å².